The van der Waals surface area contributed by atoms with E-state index in [-0.39, 0.29) is 24.1 Å². The second-order valence-corrected chi connectivity index (χ2v) is 7.62. The number of carbonyl (C=O) groups is 2. The Bertz CT molecular complexity index is 983. The third-order valence-corrected chi connectivity index (χ3v) is 5.36. The maximum absolute atomic E-state index is 12.5. The van der Waals surface area contributed by atoms with Crippen molar-refractivity contribution in [2.24, 2.45) is 0 Å². The lowest BCUT2D eigenvalue weighted by Crippen LogP contribution is -2.36. The van der Waals surface area contributed by atoms with Gasteiger partial charge in [0.15, 0.2) is 5.16 Å². The van der Waals surface area contributed by atoms with Gasteiger partial charge < -0.3 is 10.2 Å². The van der Waals surface area contributed by atoms with Crippen LogP contribution in [0.25, 0.3) is 5.69 Å². The monoisotopic (exact) mass is 409 g/mol. The van der Waals surface area contributed by atoms with E-state index >= 15 is 0 Å². The molecule has 0 fully saturated rings. The van der Waals surface area contributed by atoms with Crippen LogP contribution < -0.4 is 5.32 Å². The minimum absolute atomic E-state index is 0.0153. The van der Waals surface area contributed by atoms with E-state index < -0.39 is 0 Å². The SMILES string of the molecule is Cc1cccc(C)c1NC(=O)CN(C)C(=O)CSc1nncn1-c1ccccc1. The van der Waals surface area contributed by atoms with Crippen LogP contribution in [-0.4, -0.2) is 50.8 Å². The number of benzene rings is 2. The minimum Gasteiger partial charge on any atom is -0.336 e. The highest BCUT2D eigenvalue weighted by Crippen LogP contribution is 2.20. The fourth-order valence-corrected chi connectivity index (χ4v) is 3.69. The van der Waals surface area contributed by atoms with Crippen molar-refractivity contribution in [1.29, 1.82) is 0 Å². The Labute approximate surface area is 174 Å². The van der Waals surface area contributed by atoms with Gasteiger partial charge in [-0.15, -0.1) is 10.2 Å². The van der Waals surface area contributed by atoms with Crippen LogP contribution in [-0.2, 0) is 9.59 Å². The van der Waals surface area contributed by atoms with E-state index in [4.69, 9.17) is 0 Å². The number of nitrogens with one attached hydrogen (secondary N) is 1. The summed E-state index contributed by atoms with van der Waals surface area (Å²) in [4.78, 5) is 26.3. The van der Waals surface area contributed by atoms with Crippen LogP contribution in [0.5, 0.6) is 0 Å². The van der Waals surface area contributed by atoms with E-state index in [0.29, 0.717) is 5.16 Å². The van der Waals surface area contributed by atoms with E-state index in [1.807, 2.05) is 66.9 Å². The summed E-state index contributed by atoms with van der Waals surface area (Å²) in [7, 11) is 1.62. The molecule has 8 heteroatoms. The van der Waals surface area contributed by atoms with Gasteiger partial charge >= 0.3 is 0 Å². The first-order valence-corrected chi connectivity index (χ1v) is 10.1. The molecule has 1 heterocycles. The van der Waals surface area contributed by atoms with Crippen molar-refractivity contribution in [1.82, 2.24) is 19.7 Å². The van der Waals surface area contributed by atoms with Crippen molar-refractivity contribution < 1.29 is 9.59 Å². The number of amides is 2. The van der Waals surface area contributed by atoms with E-state index in [1.165, 1.54) is 16.7 Å². The molecular formula is C21H23N5O2S. The van der Waals surface area contributed by atoms with Gasteiger partial charge in [-0.3, -0.25) is 14.2 Å². The Kier molecular flexibility index (Phi) is 6.66. The Hall–Kier alpha value is -3.13. The van der Waals surface area contributed by atoms with Gasteiger partial charge in [-0.1, -0.05) is 48.2 Å². The molecule has 0 aliphatic carbocycles. The van der Waals surface area contributed by atoms with E-state index in [0.717, 1.165) is 22.5 Å². The summed E-state index contributed by atoms with van der Waals surface area (Å²) < 4.78 is 1.83. The number of para-hydroxylation sites is 2. The number of likely N-dealkylation sites (N-methyl/N-ethyl adjacent to an activating group) is 1. The summed E-state index contributed by atoms with van der Waals surface area (Å²) in [6.07, 6.45) is 1.61. The smallest absolute Gasteiger partial charge is 0.243 e. The van der Waals surface area contributed by atoms with E-state index in [9.17, 15) is 9.59 Å². The van der Waals surface area contributed by atoms with Crippen LogP contribution in [0.1, 0.15) is 11.1 Å². The molecule has 0 saturated heterocycles. The standard InChI is InChI=1S/C21H23N5O2S/c1-15-8-7-9-16(2)20(15)23-18(27)12-25(3)19(28)13-29-21-24-22-14-26(21)17-10-5-4-6-11-17/h4-11,14H,12-13H2,1-3H3,(H,23,27). The Morgan fingerprint density at radius 2 is 1.76 bits per heavy atom. The topological polar surface area (TPSA) is 80.1 Å². The summed E-state index contributed by atoms with van der Waals surface area (Å²) in [5.41, 5.74) is 3.70. The van der Waals surface area contributed by atoms with Crippen molar-refractivity contribution in [3.05, 3.63) is 66.0 Å². The predicted molar refractivity (Wildman–Crippen MR) is 114 cm³/mol. The Morgan fingerprint density at radius 1 is 1.07 bits per heavy atom. The maximum Gasteiger partial charge on any atom is 0.243 e. The summed E-state index contributed by atoms with van der Waals surface area (Å²) in [6.45, 7) is 3.87. The van der Waals surface area contributed by atoms with Gasteiger partial charge in [-0.05, 0) is 37.1 Å². The molecule has 0 bridgehead atoms. The zero-order chi connectivity index (χ0) is 20.8. The highest BCUT2D eigenvalue weighted by molar-refractivity contribution is 7.99. The summed E-state index contributed by atoms with van der Waals surface area (Å²) in [5, 5.41) is 11.5. The van der Waals surface area contributed by atoms with E-state index in [1.54, 1.807) is 13.4 Å². The van der Waals surface area contributed by atoms with Gasteiger partial charge in [-0.25, -0.2) is 0 Å². The van der Waals surface area contributed by atoms with Gasteiger partial charge in [0.05, 0.1) is 12.3 Å². The number of thioether (sulfide) groups is 1. The number of aromatic nitrogens is 3. The van der Waals surface area contributed by atoms with Crippen LogP contribution in [0, 0.1) is 13.8 Å². The highest BCUT2D eigenvalue weighted by Gasteiger charge is 2.16. The molecule has 2 amide bonds. The van der Waals surface area contributed by atoms with Crippen molar-refractivity contribution >= 4 is 29.3 Å². The van der Waals surface area contributed by atoms with Crippen LogP contribution in [0.4, 0.5) is 5.69 Å². The molecule has 7 nitrogen and oxygen atoms in total. The Morgan fingerprint density at radius 3 is 2.45 bits per heavy atom. The van der Waals surface area contributed by atoms with Crippen LogP contribution in [0.2, 0.25) is 0 Å². The summed E-state index contributed by atoms with van der Waals surface area (Å²) in [5.74, 6) is -0.219. The number of carbonyl (C=O) groups excluding carboxylic acids is 2. The van der Waals surface area contributed by atoms with E-state index in [2.05, 4.69) is 15.5 Å². The van der Waals surface area contributed by atoms with Gasteiger partial charge in [0.1, 0.15) is 6.33 Å². The first-order chi connectivity index (χ1) is 14.0. The largest absolute Gasteiger partial charge is 0.336 e. The molecule has 29 heavy (non-hydrogen) atoms. The Balaban J connectivity index is 1.55. The predicted octanol–water partition coefficient (Wildman–Crippen LogP) is 3.07. The number of aryl methyl sites for hydroxylation is 2. The second kappa shape index (κ2) is 9.38. The molecule has 0 aliphatic heterocycles. The number of rotatable bonds is 7. The number of anilines is 1. The molecular weight excluding hydrogens is 386 g/mol. The molecule has 0 atom stereocenters. The number of nitrogens with zero attached hydrogens (tertiary/aromatic N) is 4. The molecule has 1 N–H and O–H groups in total. The van der Waals surface area contributed by atoms with Crippen molar-refractivity contribution in [2.45, 2.75) is 19.0 Å². The molecule has 0 aliphatic rings. The molecule has 150 valence electrons. The first-order valence-electron chi connectivity index (χ1n) is 9.14. The number of hydrogen-bond donors (Lipinski definition) is 1. The first kappa shape index (κ1) is 20.6. The zero-order valence-corrected chi connectivity index (χ0v) is 17.4. The molecule has 0 spiro atoms. The third-order valence-electron chi connectivity index (χ3n) is 4.43. The highest BCUT2D eigenvalue weighted by atomic mass is 32.2. The van der Waals surface area contributed by atoms with Crippen molar-refractivity contribution in [3.8, 4) is 5.69 Å². The minimum atomic E-state index is -0.226. The quantitative estimate of drug-likeness (QED) is 0.607. The summed E-state index contributed by atoms with van der Waals surface area (Å²) in [6, 6.07) is 15.5. The fraction of sp³-hybridized carbons (Fsp3) is 0.238. The third kappa shape index (κ3) is 5.23. The maximum atomic E-state index is 12.5. The molecule has 3 aromatic rings. The number of hydrogen-bond acceptors (Lipinski definition) is 5. The average molecular weight is 410 g/mol. The lowest BCUT2D eigenvalue weighted by Gasteiger charge is -2.18. The molecule has 2 aromatic carbocycles. The fourth-order valence-electron chi connectivity index (χ4n) is 2.82. The zero-order valence-electron chi connectivity index (χ0n) is 16.6. The molecule has 0 saturated carbocycles. The van der Waals surface area contributed by atoms with Crippen molar-refractivity contribution in [2.75, 3.05) is 24.7 Å². The van der Waals surface area contributed by atoms with Crippen LogP contribution in [0.15, 0.2) is 60.0 Å². The summed E-state index contributed by atoms with van der Waals surface area (Å²) >= 11 is 1.29. The second-order valence-electron chi connectivity index (χ2n) is 6.67. The molecule has 1 aromatic heterocycles. The van der Waals surface area contributed by atoms with Gasteiger partial charge in [0.2, 0.25) is 11.8 Å². The normalized spacial score (nSPS) is 10.6. The molecule has 0 radical (unpaired) electrons. The lowest BCUT2D eigenvalue weighted by molar-refractivity contribution is -0.131. The average Bonchev–Trinajstić information content (AvgIpc) is 3.18. The van der Waals surface area contributed by atoms with Crippen molar-refractivity contribution in [3.63, 3.8) is 0 Å². The van der Waals surface area contributed by atoms with Gasteiger partial charge in [0, 0.05) is 18.4 Å². The molecule has 0 unspecified atom stereocenters. The van der Waals surface area contributed by atoms with Gasteiger partial charge in [-0.2, -0.15) is 0 Å². The van der Waals surface area contributed by atoms with Gasteiger partial charge in [0.25, 0.3) is 0 Å². The van der Waals surface area contributed by atoms with Crippen LogP contribution >= 0.6 is 11.8 Å². The molecule has 3 rings (SSSR count). The van der Waals surface area contributed by atoms with Crippen LogP contribution in [0.3, 0.4) is 0 Å². The lowest BCUT2D eigenvalue weighted by atomic mass is 10.1.